The molecule has 0 fully saturated rings. The van der Waals surface area contributed by atoms with Crippen LogP contribution >= 0.6 is 0 Å². The van der Waals surface area contributed by atoms with Crippen LogP contribution in [0.15, 0.2) is 34.9 Å². The van der Waals surface area contributed by atoms with Crippen LogP contribution in [0, 0.1) is 0 Å². The summed E-state index contributed by atoms with van der Waals surface area (Å²) in [6, 6.07) is 9.55. The maximum atomic E-state index is 5.50. The molecule has 1 aromatic heterocycles. The lowest BCUT2D eigenvalue weighted by atomic mass is 10.3. The van der Waals surface area contributed by atoms with E-state index in [0.717, 1.165) is 18.7 Å². The van der Waals surface area contributed by atoms with Crippen molar-refractivity contribution in [3.8, 4) is 5.75 Å². The molecule has 0 unspecified atom stereocenters. The Kier molecular flexibility index (Phi) is 4.10. The Balaban J connectivity index is 1.85. The quantitative estimate of drug-likeness (QED) is 0.817. The van der Waals surface area contributed by atoms with Gasteiger partial charge in [0, 0.05) is 13.0 Å². The zero-order valence-electron chi connectivity index (χ0n) is 9.72. The van der Waals surface area contributed by atoms with Gasteiger partial charge in [0.2, 0.25) is 0 Å². The summed E-state index contributed by atoms with van der Waals surface area (Å²) in [5, 5.41) is 6.89. The van der Waals surface area contributed by atoms with Gasteiger partial charge in [-0.2, -0.15) is 4.98 Å². The zero-order valence-corrected chi connectivity index (χ0v) is 9.72. The molecule has 0 bridgehead atoms. The first-order chi connectivity index (χ1) is 8.38. The van der Waals surface area contributed by atoms with E-state index in [9.17, 15) is 0 Å². The average Bonchev–Trinajstić information content (AvgIpc) is 2.83. The van der Waals surface area contributed by atoms with Gasteiger partial charge in [-0.3, -0.25) is 0 Å². The Hall–Kier alpha value is -1.88. The SMILES string of the molecule is CNCCc1noc(COc2ccccc2)n1. The van der Waals surface area contributed by atoms with E-state index >= 15 is 0 Å². The van der Waals surface area contributed by atoms with Crippen LogP contribution in [-0.4, -0.2) is 23.7 Å². The molecule has 0 aliphatic carbocycles. The molecule has 0 spiro atoms. The van der Waals surface area contributed by atoms with Crippen LogP contribution in [0.25, 0.3) is 0 Å². The monoisotopic (exact) mass is 233 g/mol. The fourth-order valence-electron chi connectivity index (χ4n) is 1.35. The number of nitrogens with zero attached hydrogens (tertiary/aromatic N) is 2. The third-order valence-corrected chi connectivity index (χ3v) is 2.21. The van der Waals surface area contributed by atoms with Gasteiger partial charge in [0.25, 0.3) is 5.89 Å². The minimum atomic E-state index is 0.302. The van der Waals surface area contributed by atoms with Crippen molar-refractivity contribution >= 4 is 0 Å². The standard InChI is InChI=1S/C12H15N3O2/c1-13-8-7-11-14-12(17-15-11)9-16-10-5-3-2-4-6-10/h2-6,13H,7-9H2,1H3. The van der Waals surface area contributed by atoms with E-state index < -0.39 is 0 Å². The lowest BCUT2D eigenvalue weighted by Crippen LogP contribution is -2.11. The summed E-state index contributed by atoms with van der Waals surface area (Å²) in [4.78, 5) is 4.22. The van der Waals surface area contributed by atoms with E-state index in [1.54, 1.807) is 0 Å². The van der Waals surface area contributed by atoms with Gasteiger partial charge in [0.15, 0.2) is 12.4 Å². The lowest BCUT2D eigenvalue weighted by molar-refractivity contribution is 0.242. The molecule has 1 N–H and O–H groups in total. The number of likely N-dealkylation sites (N-methyl/N-ethyl adjacent to an activating group) is 1. The molecular formula is C12H15N3O2. The van der Waals surface area contributed by atoms with Gasteiger partial charge in [-0.1, -0.05) is 23.4 Å². The van der Waals surface area contributed by atoms with Crippen LogP contribution in [0.4, 0.5) is 0 Å². The van der Waals surface area contributed by atoms with E-state index in [4.69, 9.17) is 9.26 Å². The number of benzene rings is 1. The van der Waals surface area contributed by atoms with E-state index in [0.29, 0.717) is 18.3 Å². The molecule has 0 atom stereocenters. The summed E-state index contributed by atoms with van der Waals surface area (Å²) in [5.41, 5.74) is 0. The number of aromatic nitrogens is 2. The molecule has 0 aliphatic rings. The number of rotatable bonds is 6. The van der Waals surface area contributed by atoms with Gasteiger partial charge >= 0.3 is 0 Å². The Morgan fingerprint density at radius 2 is 2.12 bits per heavy atom. The fourth-order valence-corrected chi connectivity index (χ4v) is 1.35. The topological polar surface area (TPSA) is 60.2 Å². The van der Waals surface area contributed by atoms with Crippen molar-refractivity contribution in [3.05, 3.63) is 42.0 Å². The highest BCUT2D eigenvalue weighted by Gasteiger charge is 2.06. The first kappa shape index (κ1) is 11.6. The molecule has 2 aromatic rings. The summed E-state index contributed by atoms with van der Waals surface area (Å²) in [6.07, 6.45) is 0.755. The summed E-state index contributed by atoms with van der Waals surface area (Å²) in [6.45, 7) is 1.13. The van der Waals surface area contributed by atoms with Gasteiger partial charge < -0.3 is 14.6 Å². The van der Waals surface area contributed by atoms with Crippen molar-refractivity contribution in [2.75, 3.05) is 13.6 Å². The van der Waals surface area contributed by atoms with Crippen molar-refractivity contribution in [3.63, 3.8) is 0 Å². The van der Waals surface area contributed by atoms with Crippen molar-refractivity contribution < 1.29 is 9.26 Å². The molecular weight excluding hydrogens is 218 g/mol. The molecule has 5 nitrogen and oxygen atoms in total. The molecule has 0 amide bonds. The van der Waals surface area contributed by atoms with Crippen molar-refractivity contribution in [2.45, 2.75) is 13.0 Å². The lowest BCUT2D eigenvalue weighted by Gasteiger charge is -2.01. The Labute approximate surface area is 99.8 Å². The third-order valence-electron chi connectivity index (χ3n) is 2.21. The summed E-state index contributed by atoms with van der Waals surface area (Å²) >= 11 is 0. The highest BCUT2D eigenvalue weighted by atomic mass is 16.5. The maximum absolute atomic E-state index is 5.50. The summed E-state index contributed by atoms with van der Waals surface area (Å²) in [5.74, 6) is 1.99. The highest BCUT2D eigenvalue weighted by molar-refractivity contribution is 5.20. The minimum Gasteiger partial charge on any atom is -0.484 e. The van der Waals surface area contributed by atoms with Gasteiger partial charge in [-0.25, -0.2) is 0 Å². The molecule has 0 radical (unpaired) electrons. The molecule has 90 valence electrons. The predicted octanol–water partition coefficient (Wildman–Crippen LogP) is 1.41. The van der Waals surface area contributed by atoms with Gasteiger partial charge in [-0.05, 0) is 19.2 Å². The first-order valence-corrected chi connectivity index (χ1v) is 5.52. The van der Waals surface area contributed by atoms with E-state index in [-0.39, 0.29) is 0 Å². The third kappa shape index (κ3) is 3.57. The Bertz CT molecular complexity index is 442. The van der Waals surface area contributed by atoms with E-state index in [2.05, 4.69) is 15.5 Å². The van der Waals surface area contributed by atoms with Crippen LogP contribution in [0.3, 0.4) is 0 Å². The second-order valence-electron chi connectivity index (χ2n) is 3.56. The Morgan fingerprint density at radius 1 is 1.29 bits per heavy atom. The van der Waals surface area contributed by atoms with Crippen molar-refractivity contribution in [1.29, 1.82) is 0 Å². The van der Waals surface area contributed by atoms with Gasteiger partial charge in [0.05, 0.1) is 0 Å². The maximum Gasteiger partial charge on any atom is 0.264 e. The normalized spacial score (nSPS) is 10.4. The highest BCUT2D eigenvalue weighted by Crippen LogP contribution is 2.10. The molecule has 0 saturated heterocycles. The van der Waals surface area contributed by atoms with Crippen LogP contribution in [0.2, 0.25) is 0 Å². The molecule has 0 saturated carbocycles. The smallest absolute Gasteiger partial charge is 0.264 e. The first-order valence-electron chi connectivity index (χ1n) is 5.52. The fraction of sp³-hybridized carbons (Fsp3) is 0.333. The number of ether oxygens (including phenoxy) is 1. The second-order valence-corrected chi connectivity index (χ2v) is 3.56. The second kappa shape index (κ2) is 6.00. The molecule has 1 aromatic carbocycles. The van der Waals surface area contributed by atoms with Crippen LogP contribution in [0.1, 0.15) is 11.7 Å². The summed E-state index contributed by atoms with van der Waals surface area (Å²) < 4.78 is 10.6. The van der Waals surface area contributed by atoms with E-state index in [1.165, 1.54) is 0 Å². The van der Waals surface area contributed by atoms with Crippen molar-refractivity contribution in [2.24, 2.45) is 0 Å². The molecule has 5 heteroatoms. The number of para-hydroxylation sites is 1. The largest absolute Gasteiger partial charge is 0.484 e. The molecule has 0 aliphatic heterocycles. The van der Waals surface area contributed by atoms with E-state index in [1.807, 2.05) is 37.4 Å². The van der Waals surface area contributed by atoms with Crippen LogP contribution < -0.4 is 10.1 Å². The van der Waals surface area contributed by atoms with Crippen LogP contribution in [-0.2, 0) is 13.0 Å². The van der Waals surface area contributed by atoms with Crippen LogP contribution in [0.5, 0.6) is 5.75 Å². The predicted molar refractivity (Wildman–Crippen MR) is 62.7 cm³/mol. The van der Waals surface area contributed by atoms with Crippen molar-refractivity contribution in [1.82, 2.24) is 15.5 Å². The number of hydrogen-bond acceptors (Lipinski definition) is 5. The number of hydrogen-bond donors (Lipinski definition) is 1. The summed E-state index contributed by atoms with van der Waals surface area (Å²) in [7, 11) is 1.89. The van der Waals surface area contributed by atoms with Gasteiger partial charge in [-0.15, -0.1) is 0 Å². The van der Waals surface area contributed by atoms with Gasteiger partial charge in [0.1, 0.15) is 5.75 Å². The Morgan fingerprint density at radius 3 is 2.88 bits per heavy atom. The number of nitrogens with one attached hydrogen (secondary N) is 1. The zero-order chi connectivity index (χ0) is 11.9. The molecule has 17 heavy (non-hydrogen) atoms. The molecule has 1 heterocycles. The average molecular weight is 233 g/mol. The minimum absolute atomic E-state index is 0.302. The molecule has 2 rings (SSSR count).